The van der Waals surface area contributed by atoms with E-state index in [0.29, 0.717) is 22.3 Å². The number of carbonyl (C=O) groups is 2. The molecule has 4 rings (SSSR count). The van der Waals surface area contributed by atoms with E-state index in [1.807, 2.05) is 30.3 Å². The number of benzene rings is 2. The third-order valence-corrected chi connectivity index (χ3v) is 4.53. The van der Waals surface area contributed by atoms with Crippen LogP contribution in [0.15, 0.2) is 73.2 Å². The van der Waals surface area contributed by atoms with Crippen molar-refractivity contribution in [1.29, 1.82) is 0 Å². The van der Waals surface area contributed by atoms with Crippen LogP contribution in [0, 0.1) is 0 Å². The van der Waals surface area contributed by atoms with Crippen molar-refractivity contribution >= 4 is 34.2 Å². The summed E-state index contributed by atoms with van der Waals surface area (Å²) in [4.78, 5) is 31.6. The van der Waals surface area contributed by atoms with E-state index in [4.69, 9.17) is 5.73 Å². The number of primary amides is 1. The van der Waals surface area contributed by atoms with Crippen molar-refractivity contribution in [2.24, 2.45) is 5.73 Å². The fourth-order valence-electron chi connectivity index (χ4n) is 3.11. The lowest BCUT2D eigenvalue weighted by Gasteiger charge is -2.14. The molecule has 0 fully saturated rings. The molecular formula is C22H16N4O3. The highest BCUT2D eigenvalue weighted by Gasteiger charge is 2.15. The van der Waals surface area contributed by atoms with Gasteiger partial charge in [0.2, 0.25) is 0 Å². The third kappa shape index (κ3) is 3.61. The van der Waals surface area contributed by atoms with Gasteiger partial charge in [-0.2, -0.15) is 0 Å². The molecule has 0 aliphatic rings. The highest BCUT2D eigenvalue weighted by molar-refractivity contribution is 6.08. The van der Waals surface area contributed by atoms with Crippen molar-refractivity contribution in [3.05, 3.63) is 84.3 Å². The molecule has 0 bridgehead atoms. The lowest BCUT2D eigenvalue weighted by molar-refractivity contribution is 0.0696. The number of hydrogen-bond donors (Lipinski definition) is 3. The monoisotopic (exact) mass is 384 g/mol. The molecule has 4 N–H and O–H groups in total. The first kappa shape index (κ1) is 18.1. The van der Waals surface area contributed by atoms with Crippen LogP contribution < -0.4 is 11.1 Å². The van der Waals surface area contributed by atoms with Crippen LogP contribution in [0.4, 0.5) is 11.4 Å². The van der Waals surface area contributed by atoms with Crippen LogP contribution in [0.1, 0.15) is 20.7 Å². The van der Waals surface area contributed by atoms with Gasteiger partial charge in [-0.05, 0) is 47.5 Å². The molecule has 2 aromatic heterocycles. The number of nitrogens with one attached hydrogen (secondary N) is 1. The third-order valence-electron chi connectivity index (χ3n) is 4.53. The van der Waals surface area contributed by atoms with Crippen LogP contribution in [-0.4, -0.2) is 27.0 Å². The fourth-order valence-corrected chi connectivity index (χ4v) is 3.11. The number of nitrogens with two attached hydrogens (primary N) is 1. The lowest BCUT2D eigenvalue weighted by atomic mass is 10.0. The summed E-state index contributed by atoms with van der Waals surface area (Å²) in [6.07, 6.45) is 4.85. The van der Waals surface area contributed by atoms with Crippen molar-refractivity contribution in [3.63, 3.8) is 0 Å². The van der Waals surface area contributed by atoms with E-state index in [0.717, 1.165) is 11.1 Å². The zero-order valence-corrected chi connectivity index (χ0v) is 15.2. The van der Waals surface area contributed by atoms with E-state index >= 15 is 0 Å². The van der Waals surface area contributed by atoms with Gasteiger partial charge in [0, 0.05) is 29.7 Å². The number of fused-ring (bicyclic) bond motifs is 1. The van der Waals surface area contributed by atoms with Crippen LogP contribution in [0.2, 0.25) is 0 Å². The summed E-state index contributed by atoms with van der Waals surface area (Å²) in [5.74, 6) is -1.67. The first-order valence-corrected chi connectivity index (χ1v) is 8.76. The Morgan fingerprint density at radius 3 is 2.48 bits per heavy atom. The smallest absolute Gasteiger partial charge is 0.335 e. The zero-order chi connectivity index (χ0) is 20.4. The second-order valence-corrected chi connectivity index (χ2v) is 6.39. The highest BCUT2D eigenvalue weighted by Crippen LogP contribution is 2.32. The summed E-state index contributed by atoms with van der Waals surface area (Å²) in [7, 11) is 0. The van der Waals surface area contributed by atoms with E-state index < -0.39 is 11.9 Å². The second kappa shape index (κ2) is 7.40. The van der Waals surface area contributed by atoms with Gasteiger partial charge >= 0.3 is 5.97 Å². The van der Waals surface area contributed by atoms with E-state index in [1.54, 1.807) is 24.5 Å². The van der Waals surface area contributed by atoms with Crippen molar-refractivity contribution in [2.45, 2.75) is 0 Å². The second-order valence-electron chi connectivity index (χ2n) is 6.39. The van der Waals surface area contributed by atoms with Crippen LogP contribution >= 0.6 is 0 Å². The van der Waals surface area contributed by atoms with Gasteiger partial charge in [0.25, 0.3) is 5.91 Å². The average Bonchev–Trinajstić information content (AvgIpc) is 2.74. The molecule has 0 atom stereocenters. The minimum Gasteiger partial charge on any atom is -0.478 e. The molecule has 0 aliphatic carbocycles. The maximum absolute atomic E-state index is 12.0. The number of nitrogens with zero attached hydrogens (tertiary/aromatic N) is 2. The topological polar surface area (TPSA) is 118 Å². The lowest BCUT2D eigenvalue weighted by Crippen LogP contribution is -2.14. The molecule has 1 amide bonds. The van der Waals surface area contributed by atoms with E-state index in [1.165, 1.54) is 18.3 Å². The predicted octanol–water partition coefficient (Wildman–Crippen LogP) is 3.84. The van der Waals surface area contributed by atoms with Gasteiger partial charge in [0.05, 0.1) is 22.3 Å². The number of hydrogen-bond acceptors (Lipinski definition) is 5. The number of carboxylic acid groups (broad SMARTS) is 1. The molecule has 0 saturated carbocycles. The number of aromatic nitrogens is 2. The summed E-state index contributed by atoms with van der Waals surface area (Å²) in [6, 6.07) is 15.8. The summed E-state index contributed by atoms with van der Waals surface area (Å²) in [6.45, 7) is 0. The molecule has 7 heteroatoms. The summed E-state index contributed by atoms with van der Waals surface area (Å²) >= 11 is 0. The molecule has 142 valence electrons. The summed E-state index contributed by atoms with van der Waals surface area (Å²) < 4.78 is 0. The largest absolute Gasteiger partial charge is 0.478 e. The van der Waals surface area contributed by atoms with E-state index in [-0.39, 0.29) is 11.1 Å². The van der Waals surface area contributed by atoms with Gasteiger partial charge in [-0.15, -0.1) is 0 Å². The Morgan fingerprint density at radius 2 is 1.76 bits per heavy atom. The van der Waals surface area contributed by atoms with Crippen molar-refractivity contribution in [3.8, 4) is 11.1 Å². The molecule has 0 aliphatic heterocycles. The standard InChI is InChI=1S/C22H16N4O3/c23-21(27)18-12-25-19-11-14(13-6-8-24-9-7-13)4-5-17(19)20(18)26-16-3-1-2-15(10-16)22(28)29/h1-12H,(H2,23,27)(H,25,26)(H,28,29). The number of pyridine rings is 2. The molecule has 0 unspecified atom stereocenters. The Bertz CT molecular complexity index is 1240. The number of carbonyl (C=O) groups excluding carboxylic acids is 1. The number of amides is 1. The molecule has 7 nitrogen and oxygen atoms in total. The van der Waals surface area contributed by atoms with E-state index in [2.05, 4.69) is 15.3 Å². The molecule has 0 spiro atoms. The van der Waals surface area contributed by atoms with Gasteiger partial charge in [0.1, 0.15) is 0 Å². The molecule has 0 saturated heterocycles. The summed E-state index contributed by atoms with van der Waals surface area (Å²) in [5, 5.41) is 13.0. The average molecular weight is 384 g/mol. The molecule has 4 aromatic rings. The first-order chi connectivity index (χ1) is 14.0. The first-order valence-electron chi connectivity index (χ1n) is 8.76. The van der Waals surface area contributed by atoms with Crippen LogP contribution in [0.5, 0.6) is 0 Å². The number of aromatic carboxylic acids is 1. The van der Waals surface area contributed by atoms with Crippen molar-refractivity contribution < 1.29 is 14.7 Å². The minimum atomic E-state index is -1.04. The maximum Gasteiger partial charge on any atom is 0.335 e. The Balaban J connectivity index is 1.84. The predicted molar refractivity (Wildman–Crippen MR) is 110 cm³/mol. The van der Waals surface area contributed by atoms with Gasteiger partial charge in [-0.1, -0.05) is 18.2 Å². The minimum absolute atomic E-state index is 0.133. The zero-order valence-electron chi connectivity index (χ0n) is 15.2. The van der Waals surface area contributed by atoms with Crippen molar-refractivity contribution in [2.75, 3.05) is 5.32 Å². The van der Waals surface area contributed by atoms with Crippen molar-refractivity contribution in [1.82, 2.24) is 9.97 Å². The fraction of sp³-hybridized carbons (Fsp3) is 0. The Labute approximate surface area is 165 Å². The van der Waals surface area contributed by atoms with Gasteiger partial charge < -0.3 is 16.2 Å². The van der Waals surface area contributed by atoms with Gasteiger partial charge in [-0.25, -0.2) is 4.79 Å². The normalized spacial score (nSPS) is 10.6. The number of anilines is 2. The molecular weight excluding hydrogens is 368 g/mol. The quantitative estimate of drug-likeness (QED) is 0.481. The number of rotatable bonds is 5. The van der Waals surface area contributed by atoms with Gasteiger partial charge in [0.15, 0.2) is 0 Å². The Hall–Kier alpha value is -4.26. The van der Waals surface area contributed by atoms with Gasteiger partial charge in [-0.3, -0.25) is 14.8 Å². The number of carboxylic acids is 1. The van der Waals surface area contributed by atoms with Crippen LogP contribution in [0.3, 0.4) is 0 Å². The molecule has 29 heavy (non-hydrogen) atoms. The maximum atomic E-state index is 12.0. The SMILES string of the molecule is NC(=O)c1cnc2cc(-c3ccncc3)ccc2c1Nc1cccc(C(=O)O)c1. The Morgan fingerprint density at radius 1 is 0.966 bits per heavy atom. The summed E-state index contributed by atoms with van der Waals surface area (Å²) in [5.41, 5.74) is 9.51. The van der Waals surface area contributed by atoms with E-state index in [9.17, 15) is 14.7 Å². The molecule has 2 aromatic carbocycles. The van der Waals surface area contributed by atoms with Crippen LogP contribution in [-0.2, 0) is 0 Å². The van der Waals surface area contributed by atoms with Crippen LogP contribution in [0.25, 0.3) is 22.0 Å². The highest BCUT2D eigenvalue weighted by atomic mass is 16.4. The molecule has 0 radical (unpaired) electrons. The Kier molecular flexibility index (Phi) is 4.62. The molecule has 2 heterocycles.